The van der Waals surface area contributed by atoms with E-state index in [0.29, 0.717) is 13.1 Å². The van der Waals surface area contributed by atoms with Crippen LogP contribution in [-0.4, -0.2) is 53.4 Å². The summed E-state index contributed by atoms with van der Waals surface area (Å²) < 4.78 is 0. The van der Waals surface area contributed by atoms with E-state index in [-0.39, 0.29) is 29.7 Å². The Bertz CT molecular complexity index is 499. The first kappa shape index (κ1) is 12.4. The van der Waals surface area contributed by atoms with Crippen LogP contribution in [0.3, 0.4) is 0 Å². The largest absolute Gasteiger partial charge is 0.507 e. The molecule has 0 bridgehead atoms. The van der Waals surface area contributed by atoms with Gasteiger partial charge in [-0.05, 0) is 24.6 Å². The maximum atomic E-state index is 12.2. The molecule has 1 N–H and O–H groups in total. The van der Waals surface area contributed by atoms with E-state index < -0.39 is 0 Å². The summed E-state index contributed by atoms with van der Waals surface area (Å²) in [5.74, 6) is -0.415. The Morgan fingerprint density at radius 2 is 2.06 bits per heavy atom. The third kappa shape index (κ3) is 2.30. The van der Waals surface area contributed by atoms with Crippen molar-refractivity contribution in [3.63, 3.8) is 0 Å². The van der Waals surface area contributed by atoms with Gasteiger partial charge in [0.1, 0.15) is 12.3 Å². The highest BCUT2D eigenvalue weighted by molar-refractivity contribution is 5.99. The fourth-order valence-electron chi connectivity index (χ4n) is 1.92. The van der Waals surface area contributed by atoms with Gasteiger partial charge in [-0.15, -0.1) is 0 Å². The highest BCUT2D eigenvalue weighted by atomic mass is 16.3. The van der Waals surface area contributed by atoms with Gasteiger partial charge in [0.25, 0.3) is 5.91 Å². The van der Waals surface area contributed by atoms with Crippen LogP contribution in [0.25, 0.3) is 0 Å². The van der Waals surface area contributed by atoms with Crippen molar-refractivity contribution in [2.45, 2.75) is 6.92 Å². The lowest BCUT2D eigenvalue weighted by molar-refractivity contribution is -0.133. The highest BCUT2D eigenvalue weighted by Gasteiger charge is 2.26. The van der Waals surface area contributed by atoms with E-state index >= 15 is 0 Å². The molecule has 0 saturated carbocycles. The van der Waals surface area contributed by atoms with Gasteiger partial charge in [0.15, 0.2) is 0 Å². The lowest BCUT2D eigenvalue weighted by atomic mass is 10.1. The fourth-order valence-corrected chi connectivity index (χ4v) is 1.92. The first-order valence-corrected chi connectivity index (χ1v) is 5.82. The smallest absolute Gasteiger partial charge is 0.258 e. The van der Waals surface area contributed by atoms with Crippen LogP contribution in [0.15, 0.2) is 18.2 Å². The second-order valence-electron chi connectivity index (χ2n) is 4.56. The molecule has 0 spiro atoms. The number of benzene rings is 1. The van der Waals surface area contributed by atoms with Crippen molar-refractivity contribution in [3.8, 4) is 5.75 Å². The molecule has 5 heteroatoms. The maximum Gasteiger partial charge on any atom is 0.258 e. The van der Waals surface area contributed by atoms with E-state index in [0.717, 1.165) is 5.56 Å². The maximum absolute atomic E-state index is 12.2. The topological polar surface area (TPSA) is 60.9 Å². The minimum Gasteiger partial charge on any atom is -0.507 e. The fraction of sp³-hybridized carbons (Fsp3) is 0.385. The number of phenolic OH excluding ortho intramolecular Hbond substituents is 1. The Morgan fingerprint density at radius 1 is 1.33 bits per heavy atom. The number of aromatic hydroxyl groups is 1. The second-order valence-corrected chi connectivity index (χ2v) is 4.56. The van der Waals surface area contributed by atoms with Gasteiger partial charge >= 0.3 is 0 Å². The minimum absolute atomic E-state index is 0.0358. The van der Waals surface area contributed by atoms with Crippen molar-refractivity contribution in [2.24, 2.45) is 0 Å². The minimum atomic E-state index is -0.297. The number of aryl methyl sites for hydroxylation is 1. The third-order valence-electron chi connectivity index (χ3n) is 3.13. The summed E-state index contributed by atoms with van der Waals surface area (Å²) in [6, 6.07) is 4.91. The van der Waals surface area contributed by atoms with E-state index in [1.165, 1.54) is 4.90 Å². The highest BCUT2D eigenvalue weighted by Crippen LogP contribution is 2.20. The molecule has 1 aliphatic heterocycles. The molecule has 96 valence electrons. The molecular formula is C13H16N2O3. The van der Waals surface area contributed by atoms with E-state index in [2.05, 4.69) is 0 Å². The van der Waals surface area contributed by atoms with Crippen molar-refractivity contribution in [1.82, 2.24) is 9.80 Å². The number of carbonyl (C=O) groups excluding carboxylic acids is 2. The number of nitrogens with zero attached hydrogens (tertiary/aromatic N) is 2. The van der Waals surface area contributed by atoms with Crippen LogP contribution in [0.5, 0.6) is 5.75 Å². The molecule has 0 aliphatic carbocycles. The number of amides is 2. The quantitative estimate of drug-likeness (QED) is 0.792. The Morgan fingerprint density at radius 3 is 2.67 bits per heavy atom. The summed E-state index contributed by atoms with van der Waals surface area (Å²) in [5, 5.41) is 9.77. The predicted molar refractivity (Wildman–Crippen MR) is 66.4 cm³/mol. The van der Waals surface area contributed by atoms with Crippen LogP contribution in [0, 0.1) is 6.92 Å². The number of hydrogen-bond acceptors (Lipinski definition) is 3. The van der Waals surface area contributed by atoms with Crippen LogP contribution in [0.2, 0.25) is 0 Å². The van der Waals surface area contributed by atoms with Crippen molar-refractivity contribution < 1.29 is 14.7 Å². The summed E-state index contributed by atoms with van der Waals surface area (Å²) in [6.45, 7) is 2.93. The zero-order chi connectivity index (χ0) is 13.3. The van der Waals surface area contributed by atoms with Crippen LogP contribution in [0.4, 0.5) is 0 Å². The van der Waals surface area contributed by atoms with Crippen molar-refractivity contribution in [3.05, 3.63) is 29.3 Å². The Labute approximate surface area is 106 Å². The van der Waals surface area contributed by atoms with Gasteiger partial charge in [-0.3, -0.25) is 9.59 Å². The van der Waals surface area contributed by atoms with E-state index in [1.807, 2.05) is 6.92 Å². The van der Waals surface area contributed by atoms with Gasteiger partial charge in [0, 0.05) is 20.1 Å². The summed E-state index contributed by atoms with van der Waals surface area (Å²) in [5.41, 5.74) is 1.14. The molecule has 1 aromatic rings. The molecule has 2 amide bonds. The van der Waals surface area contributed by atoms with Crippen LogP contribution >= 0.6 is 0 Å². The normalized spacial score (nSPS) is 16.0. The summed E-state index contributed by atoms with van der Waals surface area (Å²) in [6.07, 6.45) is 0. The molecule has 0 radical (unpaired) electrons. The van der Waals surface area contributed by atoms with Gasteiger partial charge < -0.3 is 14.9 Å². The number of rotatable bonds is 1. The Hall–Kier alpha value is -2.04. The molecule has 5 nitrogen and oxygen atoms in total. The van der Waals surface area contributed by atoms with Crippen LogP contribution in [0.1, 0.15) is 15.9 Å². The third-order valence-corrected chi connectivity index (χ3v) is 3.13. The first-order valence-electron chi connectivity index (χ1n) is 5.82. The average Bonchev–Trinajstić information content (AvgIpc) is 2.32. The van der Waals surface area contributed by atoms with Crippen molar-refractivity contribution >= 4 is 11.8 Å². The van der Waals surface area contributed by atoms with Gasteiger partial charge in [0.2, 0.25) is 5.91 Å². The zero-order valence-electron chi connectivity index (χ0n) is 10.5. The monoisotopic (exact) mass is 248 g/mol. The van der Waals surface area contributed by atoms with Gasteiger partial charge in [-0.2, -0.15) is 0 Å². The number of hydrogen-bond donors (Lipinski definition) is 1. The first-order chi connectivity index (χ1) is 8.49. The van der Waals surface area contributed by atoms with Crippen molar-refractivity contribution in [2.75, 3.05) is 26.7 Å². The van der Waals surface area contributed by atoms with E-state index in [9.17, 15) is 14.7 Å². The second kappa shape index (κ2) is 4.68. The molecule has 0 unspecified atom stereocenters. The molecule has 18 heavy (non-hydrogen) atoms. The Kier molecular flexibility index (Phi) is 3.23. The van der Waals surface area contributed by atoms with Crippen LogP contribution < -0.4 is 0 Å². The number of phenols is 1. The zero-order valence-corrected chi connectivity index (χ0v) is 10.5. The van der Waals surface area contributed by atoms with E-state index in [4.69, 9.17) is 0 Å². The number of likely N-dealkylation sites (N-methyl/N-ethyl adjacent to an activating group) is 1. The molecule has 2 rings (SSSR count). The molecule has 1 aromatic carbocycles. The molecule has 0 aromatic heterocycles. The predicted octanol–water partition coefficient (Wildman–Crippen LogP) is 0.615. The number of piperazine rings is 1. The SMILES string of the molecule is Cc1ccc(C(=O)N2CCN(C)C(=O)C2)c(O)c1. The molecule has 1 fully saturated rings. The molecule has 1 aliphatic rings. The number of carbonyl (C=O) groups is 2. The van der Waals surface area contributed by atoms with Crippen LogP contribution in [-0.2, 0) is 4.79 Å². The summed E-state index contributed by atoms with van der Waals surface area (Å²) >= 11 is 0. The van der Waals surface area contributed by atoms with Gasteiger partial charge in [0.05, 0.1) is 5.56 Å². The lowest BCUT2D eigenvalue weighted by Gasteiger charge is -2.32. The summed E-state index contributed by atoms with van der Waals surface area (Å²) in [7, 11) is 1.72. The molecule has 1 heterocycles. The lowest BCUT2D eigenvalue weighted by Crippen LogP contribution is -2.50. The standard InChI is InChI=1S/C13H16N2O3/c1-9-3-4-10(11(16)7-9)13(18)15-6-5-14(2)12(17)8-15/h3-4,7,16H,5-6,8H2,1-2H3. The van der Waals surface area contributed by atoms with Gasteiger partial charge in [-0.1, -0.05) is 6.07 Å². The molecular weight excluding hydrogens is 232 g/mol. The molecule has 0 atom stereocenters. The Balaban J connectivity index is 2.19. The van der Waals surface area contributed by atoms with Crippen molar-refractivity contribution in [1.29, 1.82) is 0 Å². The summed E-state index contributed by atoms with van der Waals surface area (Å²) in [4.78, 5) is 26.8. The van der Waals surface area contributed by atoms with Gasteiger partial charge in [-0.25, -0.2) is 0 Å². The molecule has 1 saturated heterocycles. The van der Waals surface area contributed by atoms with E-state index in [1.54, 1.807) is 30.1 Å². The average molecular weight is 248 g/mol.